The van der Waals surface area contributed by atoms with Gasteiger partial charge in [0.25, 0.3) is 5.56 Å². The Balaban J connectivity index is 1.34. The minimum absolute atomic E-state index is 0.115. The Morgan fingerprint density at radius 2 is 1.68 bits per heavy atom. The van der Waals surface area contributed by atoms with E-state index in [0.29, 0.717) is 30.5 Å². The van der Waals surface area contributed by atoms with Gasteiger partial charge in [-0.2, -0.15) is 0 Å². The van der Waals surface area contributed by atoms with Crippen LogP contribution in [0, 0.1) is 0 Å². The summed E-state index contributed by atoms with van der Waals surface area (Å²) in [7, 11) is 0. The summed E-state index contributed by atoms with van der Waals surface area (Å²) in [6, 6.07) is 16.6. The van der Waals surface area contributed by atoms with Crippen molar-refractivity contribution in [1.29, 1.82) is 0 Å². The number of benzene rings is 2. The van der Waals surface area contributed by atoms with Crippen LogP contribution in [0.3, 0.4) is 0 Å². The molecule has 31 heavy (non-hydrogen) atoms. The molecule has 8 heteroatoms. The first kappa shape index (κ1) is 21.1. The molecule has 0 radical (unpaired) electrons. The third kappa shape index (κ3) is 4.22. The van der Waals surface area contributed by atoms with Gasteiger partial charge < -0.3 is 10.0 Å². The molecule has 162 valence electrons. The van der Waals surface area contributed by atoms with Crippen molar-refractivity contribution >= 4 is 16.9 Å². The van der Waals surface area contributed by atoms with E-state index < -0.39 is 11.5 Å². The molecule has 0 amide bonds. The third-order valence-corrected chi connectivity index (χ3v) is 6.23. The van der Waals surface area contributed by atoms with Crippen molar-refractivity contribution in [2.24, 2.45) is 0 Å². The zero-order valence-corrected chi connectivity index (χ0v) is 17.6. The summed E-state index contributed by atoms with van der Waals surface area (Å²) in [4.78, 5) is 29.1. The van der Waals surface area contributed by atoms with Crippen LogP contribution < -0.4 is 5.56 Å². The maximum Gasteiger partial charge on any atom is 0.328 e. The number of nitrogens with zero attached hydrogens (tertiary/aromatic N) is 5. The second-order valence-corrected chi connectivity index (χ2v) is 8.06. The van der Waals surface area contributed by atoms with Crippen molar-refractivity contribution in [3.05, 3.63) is 70.5 Å². The lowest BCUT2D eigenvalue weighted by molar-refractivity contribution is -0.152. The van der Waals surface area contributed by atoms with E-state index in [-0.39, 0.29) is 5.56 Å². The van der Waals surface area contributed by atoms with Gasteiger partial charge in [0, 0.05) is 39.3 Å². The van der Waals surface area contributed by atoms with Crippen LogP contribution in [0.1, 0.15) is 18.9 Å². The first-order valence-corrected chi connectivity index (χ1v) is 10.6. The van der Waals surface area contributed by atoms with Crippen LogP contribution in [-0.2, 0) is 16.9 Å². The molecule has 1 saturated heterocycles. The highest BCUT2D eigenvalue weighted by molar-refractivity contribution is 5.80. The van der Waals surface area contributed by atoms with Gasteiger partial charge in [0.05, 0.1) is 5.39 Å². The van der Waals surface area contributed by atoms with E-state index in [1.165, 1.54) is 4.68 Å². The molecule has 1 aliphatic rings. The molecule has 1 fully saturated rings. The molecule has 0 aliphatic carbocycles. The van der Waals surface area contributed by atoms with Gasteiger partial charge in [0.2, 0.25) is 0 Å². The van der Waals surface area contributed by atoms with Crippen LogP contribution in [0.2, 0.25) is 0 Å². The van der Waals surface area contributed by atoms with Gasteiger partial charge in [0.1, 0.15) is 11.1 Å². The number of carbonyl (C=O) groups is 1. The lowest BCUT2D eigenvalue weighted by Crippen LogP contribution is -2.57. The number of piperazine rings is 1. The Morgan fingerprint density at radius 1 is 1.00 bits per heavy atom. The summed E-state index contributed by atoms with van der Waals surface area (Å²) in [6.45, 7) is 6.03. The highest BCUT2D eigenvalue weighted by atomic mass is 16.4. The van der Waals surface area contributed by atoms with E-state index in [1.807, 2.05) is 47.4 Å². The molecule has 0 spiro atoms. The van der Waals surface area contributed by atoms with Gasteiger partial charge in [-0.05, 0) is 31.0 Å². The molecule has 2 heterocycles. The van der Waals surface area contributed by atoms with Gasteiger partial charge in [0.15, 0.2) is 0 Å². The number of aliphatic carboxylic acids is 1. The molecular weight excluding hydrogens is 394 g/mol. The number of aryl methyl sites for hydroxylation is 1. The van der Waals surface area contributed by atoms with Crippen molar-refractivity contribution in [2.45, 2.75) is 25.4 Å². The molecule has 0 saturated carbocycles. The Labute approximate surface area is 180 Å². The zero-order valence-electron chi connectivity index (χ0n) is 17.6. The fraction of sp³-hybridized carbons (Fsp3) is 0.391. The normalized spacial score (nSPS) is 17.5. The van der Waals surface area contributed by atoms with Crippen molar-refractivity contribution in [3.8, 4) is 0 Å². The fourth-order valence-electron chi connectivity index (χ4n) is 4.24. The molecule has 1 N–H and O–H groups in total. The highest BCUT2D eigenvalue weighted by Gasteiger charge is 2.42. The summed E-state index contributed by atoms with van der Waals surface area (Å²) in [6.07, 6.45) is 0.780. The number of fused-ring (bicyclic) bond motifs is 1. The van der Waals surface area contributed by atoms with Gasteiger partial charge in [-0.3, -0.25) is 9.69 Å². The average molecular weight is 422 g/mol. The third-order valence-electron chi connectivity index (χ3n) is 6.23. The molecule has 8 nitrogen and oxygen atoms in total. The second kappa shape index (κ2) is 8.95. The number of aromatic nitrogens is 3. The summed E-state index contributed by atoms with van der Waals surface area (Å²) >= 11 is 0. The van der Waals surface area contributed by atoms with Crippen molar-refractivity contribution in [3.63, 3.8) is 0 Å². The predicted octanol–water partition coefficient (Wildman–Crippen LogP) is 1.80. The van der Waals surface area contributed by atoms with Crippen LogP contribution in [0.25, 0.3) is 10.9 Å². The van der Waals surface area contributed by atoms with E-state index >= 15 is 0 Å². The number of hydrogen-bond acceptors (Lipinski definition) is 6. The minimum Gasteiger partial charge on any atom is -0.480 e. The van der Waals surface area contributed by atoms with Gasteiger partial charge in [-0.15, -0.1) is 5.10 Å². The SMILES string of the molecule is CC(C(=O)O)(c1ccccc1)N1CCN(CCCn2nnc3ccccc3c2=O)CC1. The predicted molar refractivity (Wildman–Crippen MR) is 118 cm³/mol. The van der Waals surface area contributed by atoms with E-state index in [4.69, 9.17) is 0 Å². The quantitative estimate of drug-likeness (QED) is 0.622. The molecule has 2 aromatic carbocycles. The minimum atomic E-state index is -1.04. The van der Waals surface area contributed by atoms with Crippen molar-refractivity contribution in [1.82, 2.24) is 24.8 Å². The molecule has 0 bridgehead atoms. The Kier molecular flexibility index (Phi) is 6.11. The van der Waals surface area contributed by atoms with Crippen LogP contribution in [0.15, 0.2) is 59.4 Å². The highest BCUT2D eigenvalue weighted by Crippen LogP contribution is 2.29. The lowest BCUT2D eigenvalue weighted by Gasteiger charge is -2.43. The molecule has 1 unspecified atom stereocenters. The Morgan fingerprint density at radius 3 is 2.39 bits per heavy atom. The molecule has 1 aromatic heterocycles. The standard InChI is InChI=1S/C23H27N5O3/c1-23(22(30)31,18-8-3-2-4-9-18)27-16-14-26(15-17-27)12-7-13-28-21(29)19-10-5-6-11-20(19)24-25-28/h2-6,8-11H,7,12-17H2,1H3,(H,30,31). The maximum atomic E-state index is 12.5. The van der Waals surface area contributed by atoms with Crippen LogP contribution >= 0.6 is 0 Å². The monoisotopic (exact) mass is 421 g/mol. The number of carboxylic acid groups (broad SMARTS) is 1. The smallest absolute Gasteiger partial charge is 0.328 e. The molecular formula is C23H27N5O3. The summed E-state index contributed by atoms with van der Waals surface area (Å²) in [5.74, 6) is -0.832. The van der Waals surface area contributed by atoms with Crippen molar-refractivity contribution < 1.29 is 9.90 Å². The largest absolute Gasteiger partial charge is 0.480 e. The Bertz CT molecular complexity index is 1110. The first-order chi connectivity index (χ1) is 15.0. The number of hydrogen-bond donors (Lipinski definition) is 1. The summed E-state index contributed by atoms with van der Waals surface area (Å²) in [5, 5.41) is 18.7. The summed E-state index contributed by atoms with van der Waals surface area (Å²) in [5.41, 5.74) is 0.252. The van der Waals surface area contributed by atoms with Crippen LogP contribution in [-0.4, -0.2) is 68.6 Å². The van der Waals surface area contributed by atoms with E-state index in [1.54, 1.807) is 19.1 Å². The molecule has 1 atom stereocenters. The van der Waals surface area contributed by atoms with Crippen LogP contribution in [0.4, 0.5) is 0 Å². The average Bonchev–Trinajstić information content (AvgIpc) is 2.81. The molecule has 1 aliphatic heterocycles. The van der Waals surface area contributed by atoms with Gasteiger partial charge in [-0.1, -0.05) is 47.7 Å². The summed E-state index contributed by atoms with van der Waals surface area (Å²) < 4.78 is 1.43. The van der Waals surface area contributed by atoms with E-state index in [2.05, 4.69) is 15.2 Å². The van der Waals surface area contributed by atoms with Gasteiger partial charge >= 0.3 is 5.97 Å². The van der Waals surface area contributed by atoms with E-state index in [0.717, 1.165) is 31.6 Å². The topological polar surface area (TPSA) is 91.6 Å². The van der Waals surface area contributed by atoms with Crippen molar-refractivity contribution in [2.75, 3.05) is 32.7 Å². The van der Waals surface area contributed by atoms with Gasteiger partial charge in [-0.25, -0.2) is 9.48 Å². The Hall–Kier alpha value is -3.10. The molecule has 4 rings (SSSR count). The van der Waals surface area contributed by atoms with Crippen LogP contribution in [0.5, 0.6) is 0 Å². The maximum absolute atomic E-state index is 12.5. The second-order valence-electron chi connectivity index (χ2n) is 8.06. The van der Waals surface area contributed by atoms with E-state index in [9.17, 15) is 14.7 Å². The lowest BCUT2D eigenvalue weighted by atomic mass is 9.89. The first-order valence-electron chi connectivity index (χ1n) is 10.6. The fourth-order valence-corrected chi connectivity index (χ4v) is 4.24. The molecule has 3 aromatic rings. The zero-order chi connectivity index (χ0) is 21.8. The number of rotatable bonds is 7. The number of carboxylic acids is 1.